The lowest BCUT2D eigenvalue weighted by atomic mass is 10.1. The number of nitriles is 2. The number of nitrogens with one attached hydrogen (secondary N) is 4. The fourth-order valence-corrected chi connectivity index (χ4v) is 4.92. The summed E-state index contributed by atoms with van der Waals surface area (Å²) in [6.45, 7) is 2.09. The van der Waals surface area contributed by atoms with E-state index in [1.807, 2.05) is 42.8 Å². The molecule has 0 unspecified atom stereocenters. The normalized spacial score (nSPS) is 13.4. The molecule has 0 spiro atoms. The van der Waals surface area contributed by atoms with Crippen molar-refractivity contribution >= 4 is 62.5 Å². The highest BCUT2D eigenvalue weighted by Crippen LogP contribution is 2.37. The molecule has 5 rings (SSSR count). The van der Waals surface area contributed by atoms with Crippen LogP contribution in [0.2, 0.25) is 10.0 Å². The number of benzene rings is 2. The summed E-state index contributed by atoms with van der Waals surface area (Å²) in [6.07, 6.45) is 3.31. The lowest BCUT2D eigenvalue weighted by Gasteiger charge is -2.20. The first kappa shape index (κ1) is 24.6. The van der Waals surface area contributed by atoms with E-state index >= 15 is 0 Å². The lowest BCUT2D eigenvalue weighted by molar-refractivity contribution is 0.300. The maximum absolute atomic E-state index is 9.81. The van der Waals surface area contributed by atoms with Crippen LogP contribution in [0.25, 0.3) is 10.9 Å². The first-order chi connectivity index (χ1) is 18.0. The summed E-state index contributed by atoms with van der Waals surface area (Å²) in [5, 5.41) is 30.9. The minimum Gasteiger partial charge on any atom is -0.371 e. The van der Waals surface area contributed by atoms with E-state index in [0.717, 1.165) is 22.6 Å². The van der Waals surface area contributed by atoms with Gasteiger partial charge in [0.05, 0.1) is 44.8 Å². The van der Waals surface area contributed by atoms with Gasteiger partial charge in [-0.2, -0.15) is 10.5 Å². The molecule has 0 fully saturated rings. The molecule has 1 aliphatic rings. The van der Waals surface area contributed by atoms with Crippen molar-refractivity contribution in [1.29, 1.82) is 10.5 Å². The van der Waals surface area contributed by atoms with Crippen LogP contribution in [0.3, 0.4) is 0 Å². The number of nitrogens with zero attached hydrogens (tertiary/aromatic N) is 5. The van der Waals surface area contributed by atoms with Crippen LogP contribution >= 0.6 is 34.5 Å². The quantitative estimate of drug-likeness (QED) is 0.213. The molecular weight excluding hydrogens is 529 g/mol. The molecule has 37 heavy (non-hydrogen) atoms. The van der Waals surface area contributed by atoms with Crippen LogP contribution in [0.4, 0.5) is 17.1 Å². The molecule has 4 N–H and O–H groups in total. The van der Waals surface area contributed by atoms with Crippen molar-refractivity contribution in [2.45, 2.75) is 13.0 Å². The van der Waals surface area contributed by atoms with Crippen molar-refractivity contribution in [1.82, 2.24) is 25.9 Å². The molecule has 2 aromatic heterocycles. The molecule has 0 saturated carbocycles. The zero-order valence-corrected chi connectivity index (χ0v) is 21.7. The average molecular weight is 548 g/mol. The molecule has 1 aliphatic heterocycles. The Bertz CT molecular complexity index is 1590. The van der Waals surface area contributed by atoms with Gasteiger partial charge in [0.2, 0.25) is 0 Å². The fraction of sp³-hybridized carbons (Fsp3) is 0.120. The predicted molar refractivity (Wildman–Crippen MR) is 146 cm³/mol. The Morgan fingerprint density at radius 3 is 2.70 bits per heavy atom. The Labute approximate surface area is 226 Å². The molecule has 12 heteroatoms. The maximum atomic E-state index is 9.81. The monoisotopic (exact) mass is 547 g/mol. The van der Waals surface area contributed by atoms with Crippen LogP contribution in [0.1, 0.15) is 22.9 Å². The van der Waals surface area contributed by atoms with Crippen LogP contribution in [0, 0.1) is 29.6 Å². The number of pyridine rings is 1. The molecule has 0 amide bonds. The fourth-order valence-electron chi connectivity index (χ4n) is 3.90. The number of rotatable bonds is 7. The SMILES string of the molecule is Cc1ccc(Nc2c(C#N)cnc3c(Cl)cc(N[C@H](C4=CN(CC#N)NN4)c4cscn4)cc23)cc1Cl. The summed E-state index contributed by atoms with van der Waals surface area (Å²) in [6, 6.07) is 13.2. The van der Waals surface area contributed by atoms with E-state index < -0.39 is 0 Å². The van der Waals surface area contributed by atoms with Crippen molar-refractivity contribution in [3.8, 4) is 12.1 Å². The summed E-state index contributed by atoms with van der Waals surface area (Å²) in [5.74, 6) is 0. The predicted octanol–water partition coefficient (Wildman–Crippen LogP) is 5.76. The Morgan fingerprint density at radius 2 is 1.97 bits per heavy atom. The third-order valence-electron chi connectivity index (χ3n) is 5.74. The van der Waals surface area contributed by atoms with Crippen molar-refractivity contribution in [3.05, 3.63) is 86.2 Å². The van der Waals surface area contributed by atoms with Crippen LogP contribution in [0.5, 0.6) is 0 Å². The summed E-state index contributed by atoms with van der Waals surface area (Å²) >= 11 is 14.5. The van der Waals surface area contributed by atoms with Gasteiger partial charge in [-0.15, -0.1) is 16.9 Å². The van der Waals surface area contributed by atoms with Gasteiger partial charge in [0.1, 0.15) is 18.7 Å². The molecule has 2 aromatic carbocycles. The number of anilines is 3. The lowest BCUT2D eigenvalue weighted by Crippen LogP contribution is -2.37. The summed E-state index contributed by atoms with van der Waals surface area (Å²) in [5.41, 5.74) is 13.2. The molecule has 0 radical (unpaired) electrons. The average Bonchev–Trinajstić information content (AvgIpc) is 3.58. The topological polar surface area (TPSA) is 125 Å². The third-order valence-corrected chi connectivity index (χ3v) is 7.04. The summed E-state index contributed by atoms with van der Waals surface area (Å²) in [4.78, 5) is 8.91. The number of hydrazine groups is 2. The van der Waals surface area contributed by atoms with Crippen molar-refractivity contribution in [2.24, 2.45) is 0 Å². The number of fused-ring (bicyclic) bond motifs is 1. The van der Waals surface area contributed by atoms with Gasteiger partial charge in [-0.1, -0.05) is 29.3 Å². The highest BCUT2D eigenvalue weighted by molar-refractivity contribution is 7.07. The minimum atomic E-state index is -0.365. The largest absolute Gasteiger partial charge is 0.371 e. The van der Waals surface area contributed by atoms with E-state index in [4.69, 9.17) is 28.5 Å². The Morgan fingerprint density at radius 1 is 1.14 bits per heavy atom. The minimum absolute atomic E-state index is 0.169. The van der Waals surface area contributed by atoms with Gasteiger partial charge in [-0.25, -0.2) is 4.98 Å². The van der Waals surface area contributed by atoms with Crippen LogP contribution < -0.4 is 21.6 Å². The van der Waals surface area contributed by atoms with E-state index in [1.165, 1.54) is 17.5 Å². The zero-order chi connectivity index (χ0) is 25.9. The van der Waals surface area contributed by atoms with Crippen LogP contribution in [-0.4, -0.2) is 21.5 Å². The van der Waals surface area contributed by atoms with Gasteiger partial charge in [0.25, 0.3) is 0 Å². The van der Waals surface area contributed by atoms with Gasteiger partial charge in [0.15, 0.2) is 0 Å². The van der Waals surface area contributed by atoms with Gasteiger partial charge in [0, 0.05) is 39.6 Å². The van der Waals surface area contributed by atoms with E-state index in [0.29, 0.717) is 37.9 Å². The first-order valence-corrected chi connectivity index (χ1v) is 12.7. The molecule has 3 heterocycles. The number of aryl methyl sites for hydroxylation is 1. The smallest absolute Gasteiger partial charge is 0.122 e. The summed E-state index contributed by atoms with van der Waals surface area (Å²) < 4.78 is 0. The van der Waals surface area contributed by atoms with Crippen molar-refractivity contribution < 1.29 is 0 Å². The van der Waals surface area contributed by atoms with Gasteiger partial charge >= 0.3 is 0 Å². The first-order valence-electron chi connectivity index (χ1n) is 11.0. The number of halogens is 2. The Kier molecular flexibility index (Phi) is 6.99. The van der Waals surface area contributed by atoms with Gasteiger partial charge in [-0.05, 0) is 36.8 Å². The second-order valence-electron chi connectivity index (χ2n) is 8.20. The number of thiazole rings is 1. The second-order valence-corrected chi connectivity index (χ2v) is 9.73. The van der Waals surface area contributed by atoms with Crippen molar-refractivity contribution in [2.75, 3.05) is 17.2 Å². The maximum Gasteiger partial charge on any atom is 0.122 e. The molecule has 1 atom stereocenters. The van der Waals surface area contributed by atoms with E-state index in [1.54, 1.807) is 16.6 Å². The van der Waals surface area contributed by atoms with Crippen LogP contribution in [0.15, 0.2) is 59.3 Å². The molecule has 0 aliphatic carbocycles. The van der Waals surface area contributed by atoms with Gasteiger partial charge < -0.3 is 16.1 Å². The van der Waals surface area contributed by atoms with Gasteiger partial charge in [-0.3, -0.25) is 9.99 Å². The standard InChI is InChI=1S/C25H19Cl2N9S/c1-14-2-3-16(7-19(14)26)32-23-15(9-29)10-30-24-18(23)6-17(8-20(24)27)33-25(22-12-37-13-31-22)21-11-36(5-4-28)35-34-21/h2-3,6-8,10-13,25,33-35H,5H2,1H3,(H,30,32)/t25-/m1/s1. The third kappa shape index (κ3) is 5.10. The highest BCUT2D eigenvalue weighted by Gasteiger charge is 2.24. The molecule has 184 valence electrons. The Hall–Kier alpha value is -4.06. The second kappa shape index (κ2) is 10.5. The van der Waals surface area contributed by atoms with E-state index in [2.05, 4.69) is 43.7 Å². The van der Waals surface area contributed by atoms with Crippen LogP contribution in [-0.2, 0) is 0 Å². The molecule has 0 bridgehead atoms. The number of aromatic nitrogens is 2. The zero-order valence-electron chi connectivity index (χ0n) is 19.4. The Balaban J connectivity index is 1.57. The van der Waals surface area contributed by atoms with E-state index in [-0.39, 0.29) is 12.6 Å². The summed E-state index contributed by atoms with van der Waals surface area (Å²) in [7, 11) is 0. The molecule has 4 aromatic rings. The molecule has 0 saturated heterocycles. The van der Waals surface area contributed by atoms with E-state index in [9.17, 15) is 5.26 Å². The highest BCUT2D eigenvalue weighted by atomic mass is 35.5. The molecule has 9 nitrogen and oxygen atoms in total. The number of hydrogen-bond acceptors (Lipinski definition) is 10. The number of hydrogen-bond donors (Lipinski definition) is 4. The molecular formula is C25H19Cl2N9S. The van der Waals surface area contributed by atoms with Crippen molar-refractivity contribution in [3.63, 3.8) is 0 Å².